The van der Waals surface area contributed by atoms with Crippen LogP contribution in [0.5, 0.6) is 0 Å². The SMILES string of the molecule is Cc1cccc(N(CC(=O)NCc2nc(-c3ccccc3Cl)no2)S(C)(=O)=O)c1C. The van der Waals surface area contributed by atoms with E-state index >= 15 is 0 Å². The van der Waals surface area contributed by atoms with E-state index in [4.69, 9.17) is 16.1 Å². The fraction of sp³-hybridized carbons (Fsp3) is 0.250. The number of hydrogen-bond acceptors (Lipinski definition) is 6. The van der Waals surface area contributed by atoms with Crippen LogP contribution in [0.2, 0.25) is 5.02 Å². The molecule has 0 atom stereocenters. The van der Waals surface area contributed by atoms with Crippen LogP contribution in [-0.2, 0) is 21.4 Å². The first-order valence-electron chi connectivity index (χ1n) is 9.05. The van der Waals surface area contributed by atoms with E-state index in [2.05, 4.69) is 15.5 Å². The van der Waals surface area contributed by atoms with Gasteiger partial charge in [-0.1, -0.05) is 41.0 Å². The number of amides is 1. The van der Waals surface area contributed by atoms with E-state index in [0.29, 0.717) is 22.1 Å². The van der Waals surface area contributed by atoms with Gasteiger partial charge in [-0.15, -0.1) is 0 Å². The third-order valence-electron chi connectivity index (χ3n) is 4.55. The minimum absolute atomic E-state index is 0.0410. The van der Waals surface area contributed by atoms with Gasteiger partial charge in [-0.3, -0.25) is 9.10 Å². The first kappa shape index (κ1) is 21.8. The molecule has 2 aromatic carbocycles. The van der Waals surface area contributed by atoms with Crippen LogP contribution in [0, 0.1) is 13.8 Å². The molecule has 1 heterocycles. The third kappa shape index (κ3) is 4.98. The predicted molar refractivity (Wildman–Crippen MR) is 115 cm³/mol. The number of aromatic nitrogens is 2. The Bertz CT molecular complexity index is 1180. The van der Waals surface area contributed by atoms with Crippen LogP contribution in [-0.4, -0.2) is 37.3 Å². The monoisotopic (exact) mass is 448 g/mol. The standard InChI is InChI=1S/C20H21ClN4O4S/c1-13-7-6-10-17(14(13)2)25(30(3,27)28)12-18(26)22-11-19-23-20(24-29-19)15-8-4-5-9-16(15)21/h4-10H,11-12H2,1-3H3,(H,22,26). The summed E-state index contributed by atoms with van der Waals surface area (Å²) >= 11 is 6.12. The maximum absolute atomic E-state index is 12.4. The quantitative estimate of drug-likeness (QED) is 0.595. The van der Waals surface area contributed by atoms with Crippen molar-refractivity contribution in [3.63, 3.8) is 0 Å². The van der Waals surface area contributed by atoms with Crippen LogP contribution in [0.4, 0.5) is 5.69 Å². The summed E-state index contributed by atoms with van der Waals surface area (Å²) in [5, 5.41) is 6.95. The average Bonchev–Trinajstić information content (AvgIpc) is 3.15. The summed E-state index contributed by atoms with van der Waals surface area (Å²) < 4.78 is 30.8. The number of carbonyl (C=O) groups excluding carboxylic acids is 1. The lowest BCUT2D eigenvalue weighted by atomic mass is 10.1. The van der Waals surface area contributed by atoms with Crippen LogP contribution >= 0.6 is 11.6 Å². The van der Waals surface area contributed by atoms with Gasteiger partial charge in [0.15, 0.2) is 0 Å². The molecule has 0 saturated carbocycles. The lowest BCUT2D eigenvalue weighted by Gasteiger charge is -2.24. The summed E-state index contributed by atoms with van der Waals surface area (Å²) in [7, 11) is -3.67. The summed E-state index contributed by atoms with van der Waals surface area (Å²) in [6, 6.07) is 12.4. The second-order valence-electron chi connectivity index (χ2n) is 6.76. The first-order valence-corrected chi connectivity index (χ1v) is 11.3. The molecular weight excluding hydrogens is 428 g/mol. The van der Waals surface area contributed by atoms with Gasteiger partial charge in [0.25, 0.3) is 0 Å². The summed E-state index contributed by atoms with van der Waals surface area (Å²) in [4.78, 5) is 16.7. The highest BCUT2D eigenvalue weighted by atomic mass is 35.5. The van der Waals surface area contributed by atoms with Crippen LogP contribution in [0.3, 0.4) is 0 Å². The Balaban J connectivity index is 1.70. The zero-order valence-corrected chi connectivity index (χ0v) is 18.3. The largest absolute Gasteiger partial charge is 0.345 e. The van der Waals surface area contributed by atoms with E-state index in [1.165, 1.54) is 0 Å². The smallest absolute Gasteiger partial charge is 0.246 e. The molecule has 1 amide bonds. The zero-order chi connectivity index (χ0) is 21.9. The van der Waals surface area contributed by atoms with Crippen LogP contribution in [0.1, 0.15) is 17.0 Å². The molecule has 0 unspecified atom stereocenters. The van der Waals surface area contributed by atoms with Crippen molar-refractivity contribution >= 4 is 33.2 Å². The summed E-state index contributed by atoms with van der Waals surface area (Å²) in [6.07, 6.45) is 1.07. The summed E-state index contributed by atoms with van der Waals surface area (Å²) in [5.41, 5.74) is 2.79. The van der Waals surface area contributed by atoms with Crippen molar-refractivity contribution in [2.75, 3.05) is 17.1 Å². The van der Waals surface area contributed by atoms with Gasteiger partial charge in [0, 0.05) is 5.56 Å². The number of nitrogens with zero attached hydrogens (tertiary/aromatic N) is 3. The van der Waals surface area contributed by atoms with E-state index in [0.717, 1.165) is 21.7 Å². The van der Waals surface area contributed by atoms with Crippen molar-refractivity contribution in [1.29, 1.82) is 0 Å². The van der Waals surface area contributed by atoms with Crippen molar-refractivity contribution in [3.05, 3.63) is 64.5 Å². The number of halogens is 1. The fourth-order valence-corrected chi connectivity index (χ4v) is 3.95. The molecular formula is C20H21ClN4O4S. The Hall–Kier alpha value is -2.91. The number of hydrogen-bond donors (Lipinski definition) is 1. The molecule has 8 nitrogen and oxygen atoms in total. The van der Waals surface area contributed by atoms with Crippen molar-refractivity contribution in [3.8, 4) is 11.4 Å². The molecule has 0 aliphatic rings. The molecule has 1 N–H and O–H groups in total. The van der Waals surface area contributed by atoms with Gasteiger partial charge in [-0.05, 0) is 43.2 Å². The second kappa shape index (κ2) is 8.85. The summed E-state index contributed by atoms with van der Waals surface area (Å²) in [5.74, 6) is -0.0206. The Labute approximate surface area is 179 Å². The molecule has 3 rings (SSSR count). The number of nitrogens with one attached hydrogen (secondary N) is 1. The molecule has 158 valence electrons. The minimum atomic E-state index is -3.67. The van der Waals surface area contributed by atoms with E-state index in [-0.39, 0.29) is 19.0 Å². The molecule has 10 heteroatoms. The van der Waals surface area contributed by atoms with Crippen LogP contribution in [0.25, 0.3) is 11.4 Å². The zero-order valence-electron chi connectivity index (χ0n) is 16.7. The van der Waals surface area contributed by atoms with Crippen molar-refractivity contribution < 1.29 is 17.7 Å². The number of anilines is 1. The van der Waals surface area contributed by atoms with Gasteiger partial charge in [-0.2, -0.15) is 4.98 Å². The maximum Gasteiger partial charge on any atom is 0.246 e. The number of carbonyl (C=O) groups is 1. The second-order valence-corrected chi connectivity index (χ2v) is 9.07. The number of aryl methyl sites for hydroxylation is 1. The Morgan fingerprint density at radius 1 is 1.17 bits per heavy atom. The maximum atomic E-state index is 12.4. The lowest BCUT2D eigenvalue weighted by Crippen LogP contribution is -2.40. The molecule has 1 aromatic heterocycles. The van der Waals surface area contributed by atoms with Crippen molar-refractivity contribution in [1.82, 2.24) is 15.5 Å². The highest BCUT2D eigenvalue weighted by Gasteiger charge is 2.23. The van der Waals surface area contributed by atoms with Gasteiger partial charge < -0.3 is 9.84 Å². The molecule has 0 radical (unpaired) electrons. The predicted octanol–water partition coefficient (Wildman–Crippen LogP) is 3.09. The van der Waals surface area contributed by atoms with Crippen molar-refractivity contribution in [2.24, 2.45) is 0 Å². The molecule has 0 bridgehead atoms. The van der Waals surface area contributed by atoms with Gasteiger partial charge in [0.1, 0.15) is 6.54 Å². The average molecular weight is 449 g/mol. The third-order valence-corrected chi connectivity index (χ3v) is 6.01. The molecule has 30 heavy (non-hydrogen) atoms. The molecule has 0 spiro atoms. The fourth-order valence-electron chi connectivity index (χ4n) is 2.83. The van der Waals surface area contributed by atoms with E-state index in [9.17, 15) is 13.2 Å². The molecule has 0 saturated heterocycles. The van der Waals surface area contributed by atoms with E-state index < -0.39 is 15.9 Å². The van der Waals surface area contributed by atoms with Gasteiger partial charge >= 0.3 is 0 Å². The van der Waals surface area contributed by atoms with Crippen LogP contribution < -0.4 is 9.62 Å². The molecule has 0 aliphatic carbocycles. The molecule has 3 aromatic rings. The summed E-state index contributed by atoms with van der Waals surface area (Å²) in [6.45, 7) is 3.29. The van der Waals surface area contributed by atoms with E-state index in [1.807, 2.05) is 19.9 Å². The molecule has 0 fully saturated rings. The Morgan fingerprint density at radius 2 is 1.90 bits per heavy atom. The lowest BCUT2D eigenvalue weighted by molar-refractivity contribution is -0.119. The minimum Gasteiger partial charge on any atom is -0.345 e. The first-order chi connectivity index (χ1) is 14.2. The normalized spacial score (nSPS) is 11.3. The Morgan fingerprint density at radius 3 is 2.60 bits per heavy atom. The highest BCUT2D eigenvalue weighted by Crippen LogP contribution is 2.26. The van der Waals surface area contributed by atoms with E-state index in [1.54, 1.807) is 36.4 Å². The molecule has 0 aliphatic heterocycles. The van der Waals surface area contributed by atoms with Gasteiger partial charge in [-0.25, -0.2) is 8.42 Å². The number of rotatable bonds is 7. The van der Waals surface area contributed by atoms with Gasteiger partial charge in [0.2, 0.25) is 27.6 Å². The van der Waals surface area contributed by atoms with Crippen LogP contribution in [0.15, 0.2) is 47.0 Å². The van der Waals surface area contributed by atoms with Gasteiger partial charge in [0.05, 0.1) is 23.5 Å². The number of sulfonamides is 1. The van der Waals surface area contributed by atoms with Crippen molar-refractivity contribution in [2.45, 2.75) is 20.4 Å². The topological polar surface area (TPSA) is 105 Å². The Kier molecular flexibility index (Phi) is 6.42. The highest BCUT2D eigenvalue weighted by molar-refractivity contribution is 7.92. The number of benzene rings is 2.